The van der Waals surface area contributed by atoms with E-state index in [9.17, 15) is 19.2 Å². The Morgan fingerprint density at radius 2 is 1.62 bits per heavy atom. The number of benzene rings is 3. The van der Waals surface area contributed by atoms with Gasteiger partial charge in [0.05, 0.1) is 20.6 Å². The van der Waals surface area contributed by atoms with Crippen molar-refractivity contribution >= 4 is 29.3 Å². The minimum Gasteiger partial charge on any atom is -0.493 e. The second kappa shape index (κ2) is 17.3. The summed E-state index contributed by atoms with van der Waals surface area (Å²) in [6, 6.07) is 21.8. The molecule has 47 heavy (non-hydrogen) atoms. The molecule has 1 heterocycles. The number of hydrogen-bond donors (Lipinski definition) is 1. The molecule has 0 radical (unpaired) electrons. The van der Waals surface area contributed by atoms with Crippen LogP contribution in [0.1, 0.15) is 75.2 Å². The van der Waals surface area contributed by atoms with E-state index in [0.29, 0.717) is 48.6 Å². The Morgan fingerprint density at radius 3 is 2.34 bits per heavy atom. The first-order valence-corrected chi connectivity index (χ1v) is 16.4. The number of Topliss-reactive ketones (excluding diaryl/α,β-unsaturated/α-hetero) is 1. The Morgan fingerprint density at radius 1 is 0.851 bits per heavy atom. The van der Waals surface area contributed by atoms with Gasteiger partial charge in [0.15, 0.2) is 11.5 Å². The standard InChI is InChI=1S/C38H46N2O7/c1-26(2)32(41)18-21-36(42)39-30-14-10-13-29(25-30)33(19-16-28-17-20-34(45-3)35(23-28)46-4)47-38(44)31-15-8-9-22-40(31)37(43)24-27-11-6-5-7-12-27/h5-7,10-14,17,20,23,25-26,31,33H,8-9,15-16,18-19,21-22,24H2,1-4H3,(H,39,42)/t31-,33+/m0/s1. The van der Waals surface area contributed by atoms with E-state index in [1.54, 1.807) is 37.3 Å². The normalized spacial score (nSPS) is 15.1. The number of aryl methyl sites for hydroxylation is 1. The number of methoxy groups -OCH3 is 2. The highest BCUT2D eigenvalue weighted by Gasteiger charge is 2.34. The van der Waals surface area contributed by atoms with Gasteiger partial charge >= 0.3 is 5.97 Å². The van der Waals surface area contributed by atoms with Crippen molar-refractivity contribution in [3.05, 3.63) is 89.5 Å². The summed E-state index contributed by atoms with van der Waals surface area (Å²) in [5, 5.41) is 2.88. The average Bonchev–Trinajstić information content (AvgIpc) is 3.09. The number of esters is 1. The molecule has 3 aromatic rings. The molecule has 0 aliphatic carbocycles. The number of piperidine rings is 1. The quantitative estimate of drug-likeness (QED) is 0.189. The predicted octanol–water partition coefficient (Wildman–Crippen LogP) is 6.49. The lowest BCUT2D eigenvalue weighted by Gasteiger charge is -2.35. The van der Waals surface area contributed by atoms with Crippen molar-refractivity contribution in [3.63, 3.8) is 0 Å². The van der Waals surface area contributed by atoms with E-state index >= 15 is 0 Å². The molecule has 0 bridgehead atoms. The van der Waals surface area contributed by atoms with Gasteiger partial charge in [-0.15, -0.1) is 0 Å². The van der Waals surface area contributed by atoms with Gasteiger partial charge in [-0.2, -0.15) is 0 Å². The minimum absolute atomic E-state index is 0.0371. The van der Waals surface area contributed by atoms with E-state index < -0.39 is 18.1 Å². The lowest BCUT2D eigenvalue weighted by atomic mass is 9.98. The second-order valence-corrected chi connectivity index (χ2v) is 12.2. The van der Waals surface area contributed by atoms with Crippen LogP contribution in [0.4, 0.5) is 5.69 Å². The minimum atomic E-state index is -0.676. The van der Waals surface area contributed by atoms with Gasteiger partial charge < -0.3 is 24.4 Å². The summed E-state index contributed by atoms with van der Waals surface area (Å²) >= 11 is 0. The summed E-state index contributed by atoms with van der Waals surface area (Å²) in [6.07, 6.45) is 3.04. The molecule has 1 N–H and O–H groups in total. The molecule has 4 rings (SSSR count). The van der Waals surface area contributed by atoms with Crippen LogP contribution in [-0.2, 0) is 36.8 Å². The number of carbonyl (C=O) groups is 4. The van der Waals surface area contributed by atoms with Crippen molar-refractivity contribution in [2.75, 3.05) is 26.1 Å². The first kappa shape index (κ1) is 35.2. The van der Waals surface area contributed by atoms with Crippen LogP contribution in [0, 0.1) is 5.92 Å². The molecular formula is C38H46N2O7. The average molecular weight is 643 g/mol. The molecule has 0 saturated carbocycles. The molecule has 9 nitrogen and oxygen atoms in total. The Kier molecular flexibility index (Phi) is 13.0. The number of ether oxygens (including phenoxy) is 3. The maximum atomic E-state index is 13.9. The number of nitrogens with zero attached hydrogens (tertiary/aromatic N) is 1. The molecule has 0 spiro atoms. The highest BCUT2D eigenvalue weighted by molar-refractivity contribution is 5.94. The molecule has 1 saturated heterocycles. The number of hydrogen-bond acceptors (Lipinski definition) is 7. The number of amides is 2. The van der Waals surface area contributed by atoms with E-state index in [0.717, 1.165) is 24.0 Å². The molecule has 3 aromatic carbocycles. The summed E-state index contributed by atoms with van der Waals surface area (Å²) in [4.78, 5) is 53.6. The number of nitrogens with one attached hydrogen (secondary N) is 1. The summed E-state index contributed by atoms with van der Waals surface area (Å²) in [7, 11) is 3.17. The largest absolute Gasteiger partial charge is 0.493 e. The van der Waals surface area contributed by atoms with Crippen molar-refractivity contribution in [1.82, 2.24) is 4.90 Å². The van der Waals surface area contributed by atoms with Gasteiger partial charge in [0.1, 0.15) is 17.9 Å². The zero-order valence-corrected chi connectivity index (χ0v) is 27.8. The lowest BCUT2D eigenvalue weighted by Crippen LogP contribution is -2.49. The summed E-state index contributed by atoms with van der Waals surface area (Å²) in [5.41, 5.74) is 3.14. The fourth-order valence-corrected chi connectivity index (χ4v) is 5.76. The van der Waals surface area contributed by atoms with Crippen molar-refractivity contribution in [3.8, 4) is 11.5 Å². The number of ketones is 1. The van der Waals surface area contributed by atoms with Crippen LogP contribution in [-0.4, -0.2) is 55.3 Å². The highest BCUT2D eigenvalue weighted by atomic mass is 16.5. The molecule has 250 valence electrons. The number of anilines is 1. The van der Waals surface area contributed by atoms with Gasteiger partial charge in [0.25, 0.3) is 0 Å². The third-order valence-electron chi connectivity index (χ3n) is 8.48. The third kappa shape index (κ3) is 10.2. The van der Waals surface area contributed by atoms with Gasteiger partial charge in [-0.3, -0.25) is 14.4 Å². The van der Waals surface area contributed by atoms with Crippen LogP contribution < -0.4 is 14.8 Å². The Balaban J connectivity index is 1.53. The second-order valence-electron chi connectivity index (χ2n) is 12.2. The highest BCUT2D eigenvalue weighted by Crippen LogP contribution is 2.32. The molecule has 1 aliphatic heterocycles. The van der Waals surface area contributed by atoms with Crippen molar-refractivity contribution in [2.45, 2.75) is 77.4 Å². The molecule has 1 aliphatic rings. The Bertz CT molecular complexity index is 1520. The number of rotatable bonds is 15. The fraction of sp³-hybridized carbons (Fsp3) is 0.421. The Labute approximate surface area is 277 Å². The summed E-state index contributed by atoms with van der Waals surface area (Å²) in [5.74, 6) is 0.343. The first-order chi connectivity index (χ1) is 22.7. The zero-order chi connectivity index (χ0) is 33.8. The monoisotopic (exact) mass is 642 g/mol. The van der Waals surface area contributed by atoms with Gasteiger partial charge in [-0.05, 0) is 73.1 Å². The number of likely N-dealkylation sites (tertiary alicyclic amines) is 1. The lowest BCUT2D eigenvalue weighted by molar-refractivity contribution is -0.162. The van der Waals surface area contributed by atoms with Gasteiger partial charge in [-0.1, -0.05) is 62.4 Å². The topological polar surface area (TPSA) is 111 Å². The molecule has 0 unspecified atom stereocenters. The molecule has 2 amide bonds. The van der Waals surface area contributed by atoms with E-state index in [1.807, 2.05) is 68.4 Å². The van der Waals surface area contributed by atoms with Crippen LogP contribution in [0.15, 0.2) is 72.8 Å². The van der Waals surface area contributed by atoms with E-state index in [2.05, 4.69) is 5.32 Å². The van der Waals surface area contributed by atoms with Crippen LogP contribution in [0.3, 0.4) is 0 Å². The summed E-state index contributed by atoms with van der Waals surface area (Å²) in [6.45, 7) is 4.14. The predicted molar refractivity (Wildman–Crippen MR) is 180 cm³/mol. The van der Waals surface area contributed by atoms with E-state index in [1.165, 1.54) is 0 Å². The summed E-state index contributed by atoms with van der Waals surface area (Å²) < 4.78 is 17.1. The van der Waals surface area contributed by atoms with Crippen molar-refractivity contribution in [2.24, 2.45) is 5.92 Å². The smallest absolute Gasteiger partial charge is 0.329 e. The maximum Gasteiger partial charge on any atom is 0.329 e. The molecule has 2 atom stereocenters. The van der Waals surface area contributed by atoms with Gasteiger partial charge in [0, 0.05) is 31.0 Å². The molecular weight excluding hydrogens is 596 g/mol. The number of carbonyl (C=O) groups excluding carboxylic acids is 4. The zero-order valence-electron chi connectivity index (χ0n) is 27.8. The molecule has 9 heteroatoms. The van der Waals surface area contributed by atoms with Crippen LogP contribution in [0.25, 0.3) is 0 Å². The molecule has 1 fully saturated rings. The first-order valence-electron chi connectivity index (χ1n) is 16.4. The molecule has 0 aromatic heterocycles. The van der Waals surface area contributed by atoms with Crippen molar-refractivity contribution in [1.29, 1.82) is 0 Å². The van der Waals surface area contributed by atoms with Crippen LogP contribution >= 0.6 is 0 Å². The van der Waals surface area contributed by atoms with E-state index in [-0.39, 0.29) is 42.8 Å². The van der Waals surface area contributed by atoms with Crippen LogP contribution in [0.2, 0.25) is 0 Å². The van der Waals surface area contributed by atoms with Crippen LogP contribution in [0.5, 0.6) is 11.5 Å². The van der Waals surface area contributed by atoms with Crippen molar-refractivity contribution < 1.29 is 33.4 Å². The SMILES string of the molecule is COc1ccc(CC[C@@H](OC(=O)[C@@H]2CCCCN2C(=O)Cc2ccccc2)c2cccc(NC(=O)CCC(=O)C(C)C)c2)cc1OC. The maximum absolute atomic E-state index is 13.9. The Hall–Kier alpha value is -4.66. The van der Waals surface area contributed by atoms with E-state index in [4.69, 9.17) is 14.2 Å². The van der Waals surface area contributed by atoms with Gasteiger partial charge in [0.2, 0.25) is 11.8 Å². The fourth-order valence-electron chi connectivity index (χ4n) is 5.76. The third-order valence-corrected chi connectivity index (χ3v) is 8.48. The van der Waals surface area contributed by atoms with Gasteiger partial charge in [-0.25, -0.2) is 4.79 Å².